The van der Waals surface area contributed by atoms with Gasteiger partial charge in [-0.3, -0.25) is 4.57 Å². The molecule has 0 aliphatic carbocycles. The van der Waals surface area contributed by atoms with Gasteiger partial charge in [0.2, 0.25) is 0 Å². The molecule has 5 heteroatoms. The fraction of sp³-hybridized carbons (Fsp3) is 0.583. The lowest BCUT2D eigenvalue weighted by molar-refractivity contribution is 0.278. The summed E-state index contributed by atoms with van der Waals surface area (Å²) in [5.74, 6) is 0. The highest BCUT2D eigenvalue weighted by Gasteiger charge is 2.27. The van der Waals surface area contributed by atoms with Gasteiger partial charge in [0.05, 0.1) is 6.20 Å². The van der Waals surface area contributed by atoms with E-state index in [1.54, 1.807) is 10.8 Å². The summed E-state index contributed by atoms with van der Waals surface area (Å²) in [6.07, 6.45) is 6.02. The molecular formula is C12H18N4O. The van der Waals surface area contributed by atoms with Gasteiger partial charge in [-0.1, -0.05) is 20.3 Å². The monoisotopic (exact) mass is 234 g/mol. The van der Waals surface area contributed by atoms with E-state index in [1.807, 2.05) is 0 Å². The van der Waals surface area contributed by atoms with Crippen molar-refractivity contribution in [3.05, 3.63) is 23.0 Å². The van der Waals surface area contributed by atoms with Crippen LogP contribution in [0.4, 0.5) is 0 Å². The van der Waals surface area contributed by atoms with Gasteiger partial charge in [-0.15, -0.1) is 0 Å². The minimum absolute atomic E-state index is 0.0988. The summed E-state index contributed by atoms with van der Waals surface area (Å²) < 4.78 is 1.77. The molecule has 0 saturated carbocycles. The molecule has 0 fully saturated rings. The molecule has 0 amide bonds. The Kier molecular flexibility index (Phi) is 3.00. The van der Waals surface area contributed by atoms with Crippen LogP contribution in [0.3, 0.4) is 0 Å². The Morgan fingerprint density at radius 1 is 1.47 bits per heavy atom. The fourth-order valence-corrected chi connectivity index (χ4v) is 2.34. The largest absolute Gasteiger partial charge is 0.328 e. The van der Waals surface area contributed by atoms with Gasteiger partial charge in [-0.25, -0.2) is 14.8 Å². The van der Waals surface area contributed by atoms with E-state index in [1.165, 1.54) is 6.33 Å². The van der Waals surface area contributed by atoms with Crippen molar-refractivity contribution >= 4 is 11.2 Å². The Balaban J connectivity index is 2.68. The number of nitrogens with one attached hydrogen (secondary N) is 1. The number of hydrogen-bond acceptors (Lipinski definition) is 3. The summed E-state index contributed by atoms with van der Waals surface area (Å²) in [6.45, 7) is 6.33. The standard InChI is InChI=1S/C12H18N4O/c1-4-6-12(3,5-2)16-10-9(15-11(16)17)7-13-8-14-10/h7-8H,4-6H2,1-3H3,(H,15,17). The van der Waals surface area contributed by atoms with Crippen LogP contribution in [0.25, 0.3) is 11.2 Å². The van der Waals surface area contributed by atoms with E-state index in [4.69, 9.17) is 0 Å². The second-order valence-electron chi connectivity index (χ2n) is 4.63. The maximum absolute atomic E-state index is 12.1. The van der Waals surface area contributed by atoms with Crippen molar-refractivity contribution in [1.29, 1.82) is 0 Å². The van der Waals surface area contributed by atoms with E-state index in [0.717, 1.165) is 19.3 Å². The van der Waals surface area contributed by atoms with Gasteiger partial charge >= 0.3 is 5.69 Å². The third-order valence-corrected chi connectivity index (χ3v) is 3.44. The number of fused-ring (bicyclic) bond motifs is 1. The summed E-state index contributed by atoms with van der Waals surface area (Å²) in [7, 11) is 0. The van der Waals surface area contributed by atoms with E-state index in [0.29, 0.717) is 11.2 Å². The Morgan fingerprint density at radius 3 is 2.88 bits per heavy atom. The van der Waals surface area contributed by atoms with Crippen LogP contribution < -0.4 is 5.69 Å². The minimum atomic E-state index is -0.182. The molecule has 0 spiro atoms. The molecule has 2 aromatic heterocycles. The van der Waals surface area contributed by atoms with Crippen molar-refractivity contribution in [2.24, 2.45) is 0 Å². The molecule has 5 nitrogen and oxygen atoms in total. The molecule has 92 valence electrons. The van der Waals surface area contributed by atoms with Gasteiger partial charge in [-0.05, 0) is 19.8 Å². The molecule has 0 aliphatic heterocycles. The van der Waals surface area contributed by atoms with E-state index in [2.05, 4.69) is 35.7 Å². The lowest BCUT2D eigenvalue weighted by Crippen LogP contribution is -2.37. The maximum Gasteiger partial charge on any atom is 0.328 e. The summed E-state index contributed by atoms with van der Waals surface area (Å²) in [4.78, 5) is 23.0. The zero-order chi connectivity index (χ0) is 12.5. The first-order valence-corrected chi connectivity index (χ1v) is 6.03. The molecule has 0 aliphatic rings. The lowest BCUT2D eigenvalue weighted by Gasteiger charge is -2.29. The summed E-state index contributed by atoms with van der Waals surface area (Å²) in [5.41, 5.74) is 1.12. The molecule has 0 saturated heterocycles. The molecule has 1 N–H and O–H groups in total. The van der Waals surface area contributed by atoms with Crippen molar-refractivity contribution < 1.29 is 0 Å². The van der Waals surface area contributed by atoms with E-state index in [-0.39, 0.29) is 11.2 Å². The van der Waals surface area contributed by atoms with Crippen molar-refractivity contribution in [3.63, 3.8) is 0 Å². The van der Waals surface area contributed by atoms with E-state index < -0.39 is 0 Å². The Bertz CT molecular complexity index is 571. The van der Waals surface area contributed by atoms with Crippen molar-refractivity contribution in [2.45, 2.75) is 45.6 Å². The zero-order valence-corrected chi connectivity index (χ0v) is 10.5. The fourth-order valence-electron chi connectivity index (χ4n) is 2.34. The normalized spacial score (nSPS) is 15.0. The van der Waals surface area contributed by atoms with Gasteiger partial charge in [0.25, 0.3) is 0 Å². The molecular weight excluding hydrogens is 216 g/mol. The summed E-state index contributed by atoms with van der Waals surface area (Å²) in [5, 5.41) is 0. The third kappa shape index (κ3) is 1.85. The van der Waals surface area contributed by atoms with Crippen molar-refractivity contribution in [1.82, 2.24) is 19.5 Å². The van der Waals surface area contributed by atoms with Crippen LogP contribution in [0.5, 0.6) is 0 Å². The average molecular weight is 234 g/mol. The highest BCUT2D eigenvalue weighted by molar-refractivity contribution is 5.69. The molecule has 17 heavy (non-hydrogen) atoms. The minimum Gasteiger partial charge on any atom is -0.303 e. The topological polar surface area (TPSA) is 63.6 Å². The van der Waals surface area contributed by atoms with Crippen LogP contribution in [0.15, 0.2) is 17.3 Å². The second kappa shape index (κ2) is 4.31. The first-order valence-electron chi connectivity index (χ1n) is 6.03. The summed E-state index contributed by atoms with van der Waals surface area (Å²) >= 11 is 0. The molecule has 1 atom stereocenters. The van der Waals surface area contributed by atoms with E-state index >= 15 is 0 Å². The number of H-pyrrole nitrogens is 1. The van der Waals surface area contributed by atoms with Crippen molar-refractivity contribution in [3.8, 4) is 0 Å². The lowest BCUT2D eigenvalue weighted by atomic mass is 9.93. The molecule has 2 aromatic rings. The highest BCUT2D eigenvalue weighted by Crippen LogP contribution is 2.27. The quantitative estimate of drug-likeness (QED) is 0.880. The molecule has 2 heterocycles. The van der Waals surface area contributed by atoms with Crippen LogP contribution >= 0.6 is 0 Å². The third-order valence-electron chi connectivity index (χ3n) is 3.44. The van der Waals surface area contributed by atoms with Crippen LogP contribution in [-0.4, -0.2) is 19.5 Å². The van der Waals surface area contributed by atoms with Crippen LogP contribution in [0, 0.1) is 0 Å². The van der Waals surface area contributed by atoms with Crippen molar-refractivity contribution in [2.75, 3.05) is 0 Å². The molecule has 1 unspecified atom stereocenters. The smallest absolute Gasteiger partial charge is 0.303 e. The number of aromatic nitrogens is 4. The maximum atomic E-state index is 12.1. The second-order valence-corrected chi connectivity index (χ2v) is 4.63. The molecule has 0 bridgehead atoms. The van der Waals surface area contributed by atoms with Crippen LogP contribution in [0.1, 0.15) is 40.0 Å². The van der Waals surface area contributed by atoms with Crippen LogP contribution in [0.2, 0.25) is 0 Å². The number of imidazole rings is 1. The first kappa shape index (κ1) is 11.8. The first-order chi connectivity index (χ1) is 8.12. The predicted molar refractivity (Wildman–Crippen MR) is 67.0 cm³/mol. The SMILES string of the molecule is CCCC(C)(CC)n1c(=O)[nH]c2cncnc21. The van der Waals surface area contributed by atoms with Gasteiger partial charge in [0.1, 0.15) is 11.8 Å². The number of hydrogen-bond donors (Lipinski definition) is 1. The van der Waals surface area contributed by atoms with Gasteiger partial charge in [0, 0.05) is 5.54 Å². The molecule has 0 radical (unpaired) electrons. The van der Waals surface area contributed by atoms with Crippen LogP contribution in [-0.2, 0) is 5.54 Å². The van der Waals surface area contributed by atoms with E-state index in [9.17, 15) is 4.79 Å². The average Bonchev–Trinajstić information content (AvgIpc) is 2.65. The molecule has 2 rings (SSSR count). The van der Waals surface area contributed by atoms with Gasteiger partial charge < -0.3 is 4.98 Å². The summed E-state index contributed by atoms with van der Waals surface area (Å²) in [6, 6.07) is 0. The number of aromatic amines is 1. The Hall–Kier alpha value is -1.65. The Morgan fingerprint density at radius 2 is 2.24 bits per heavy atom. The molecule has 0 aromatic carbocycles. The number of rotatable bonds is 4. The van der Waals surface area contributed by atoms with Gasteiger partial charge in [0.15, 0.2) is 5.65 Å². The highest BCUT2D eigenvalue weighted by atomic mass is 16.1. The predicted octanol–water partition coefficient (Wildman–Crippen LogP) is 2.04. The zero-order valence-electron chi connectivity index (χ0n) is 10.5. The Labute approximate surface area is 99.9 Å². The van der Waals surface area contributed by atoms with Gasteiger partial charge in [-0.2, -0.15) is 0 Å². The number of nitrogens with zero attached hydrogens (tertiary/aromatic N) is 3.